The van der Waals surface area contributed by atoms with Crippen molar-refractivity contribution >= 4 is 28.7 Å². The first-order valence-corrected chi connectivity index (χ1v) is 6.71. The molecule has 0 saturated heterocycles. The molecule has 112 valence electrons. The summed E-state index contributed by atoms with van der Waals surface area (Å²) >= 11 is 0. The second kappa shape index (κ2) is 5.66. The van der Waals surface area contributed by atoms with Gasteiger partial charge in [-0.05, 0) is 35.9 Å². The van der Waals surface area contributed by atoms with Gasteiger partial charge in [-0.2, -0.15) is 5.26 Å². The molecule has 0 amide bonds. The van der Waals surface area contributed by atoms with Crippen LogP contribution in [0.5, 0.6) is 5.75 Å². The van der Waals surface area contributed by atoms with Gasteiger partial charge in [-0.25, -0.2) is 9.78 Å². The number of phenols is 1. The van der Waals surface area contributed by atoms with Crippen molar-refractivity contribution < 1.29 is 15.0 Å². The lowest BCUT2D eigenvalue weighted by molar-refractivity contribution is 0.0693. The number of imidazole rings is 1. The van der Waals surface area contributed by atoms with Crippen LogP contribution in [0.25, 0.3) is 22.7 Å². The van der Waals surface area contributed by atoms with Crippen LogP contribution in [0.1, 0.15) is 21.7 Å². The van der Waals surface area contributed by atoms with E-state index < -0.39 is 5.97 Å². The van der Waals surface area contributed by atoms with Gasteiger partial charge >= 0.3 is 5.97 Å². The Morgan fingerprint density at radius 1 is 1.26 bits per heavy atom. The number of aromatic amines is 1. The number of aromatic carboxylic acids is 1. The molecule has 1 heterocycles. The zero-order valence-electron chi connectivity index (χ0n) is 11.8. The van der Waals surface area contributed by atoms with Crippen molar-refractivity contribution in [3.63, 3.8) is 0 Å². The highest BCUT2D eigenvalue weighted by atomic mass is 16.4. The number of benzene rings is 2. The maximum Gasteiger partial charge on any atom is 0.339 e. The highest BCUT2D eigenvalue weighted by Gasteiger charge is 2.11. The van der Waals surface area contributed by atoms with Crippen molar-refractivity contribution in [2.24, 2.45) is 0 Å². The number of carboxylic acids is 1. The molecule has 3 aromatic rings. The molecule has 0 spiro atoms. The van der Waals surface area contributed by atoms with E-state index in [-0.39, 0.29) is 16.9 Å². The van der Waals surface area contributed by atoms with Crippen LogP contribution in [0, 0.1) is 11.3 Å². The fourth-order valence-corrected chi connectivity index (χ4v) is 2.22. The van der Waals surface area contributed by atoms with Crippen LogP contribution < -0.4 is 0 Å². The molecule has 6 heteroatoms. The fourth-order valence-electron chi connectivity index (χ4n) is 2.22. The maximum atomic E-state index is 11.1. The molecule has 0 radical (unpaired) electrons. The molecule has 0 saturated carbocycles. The van der Waals surface area contributed by atoms with Crippen LogP contribution in [0.3, 0.4) is 0 Å². The summed E-state index contributed by atoms with van der Waals surface area (Å²) in [4.78, 5) is 18.4. The third kappa shape index (κ3) is 2.76. The predicted molar refractivity (Wildman–Crippen MR) is 84.6 cm³/mol. The molecule has 6 nitrogen and oxygen atoms in total. The average molecular weight is 305 g/mol. The Bertz CT molecular complexity index is 947. The molecule has 1 aromatic heterocycles. The van der Waals surface area contributed by atoms with Crippen molar-refractivity contribution in [2.75, 3.05) is 0 Å². The number of hydrogen-bond donors (Lipinski definition) is 3. The van der Waals surface area contributed by atoms with E-state index in [1.165, 1.54) is 24.3 Å². The number of fused-ring (bicyclic) bond motifs is 1. The van der Waals surface area contributed by atoms with E-state index in [9.17, 15) is 15.2 Å². The molecule has 0 aliphatic rings. The van der Waals surface area contributed by atoms with Gasteiger partial charge in [0.15, 0.2) is 0 Å². The Labute approximate surface area is 131 Å². The molecule has 0 aliphatic carbocycles. The van der Waals surface area contributed by atoms with Crippen molar-refractivity contribution in [3.05, 3.63) is 59.4 Å². The first-order chi connectivity index (χ1) is 11.1. The predicted octanol–water partition coefficient (Wildman–Crippen LogP) is 3.03. The summed E-state index contributed by atoms with van der Waals surface area (Å²) in [5.74, 6) is -1.16. The standard InChI is InChI=1S/C17H11N3O3/c18-9-11(16-19-13-3-1-2-4-14(13)20-16)7-10-5-6-15(21)12(8-10)17(22)23/h1-8,21H,(H,19,20)(H,22,23)/b11-7-. The van der Waals surface area contributed by atoms with Crippen LogP contribution in [0.2, 0.25) is 0 Å². The zero-order chi connectivity index (χ0) is 16.4. The summed E-state index contributed by atoms with van der Waals surface area (Å²) in [6, 6.07) is 13.5. The van der Waals surface area contributed by atoms with Crippen LogP contribution in [-0.2, 0) is 0 Å². The van der Waals surface area contributed by atoms with Gasteiger partial charge in [-0.3, -0.25) is 0 Å². The number of nitriles is 1. The van der Waals surface area contributed by atoms with Crippen LogP contribution in [0.15, 0.2) is 42.5 Å². The maximum absolute atomic E-state index is 11.1. The van der Waals surface area contributed by atoms with Crippen molar-refractivity contribution in [3.8, 4) is 11.8 Å². The number of aromatic nitrogens is 2. The third-order valence-electron chi connectivity index (χ3n) is 3.33. The monoisotopic (exact) mass is 305 g/mol. The number of rotatable bonds is 3. The van der Waals surface area contributed by atoms with E-state index in [1.807, 2.05) is 30.3 Å². The first-order valence-electron chi connectivity index (χ1n) is 6.71. The Hall–Kier alpha value is -3.59. The highest BCUT2D eigenvalue weighted by molar-refractivity contribution is 5.94. The number of carbonyl (C=O) groups is 1. The molecular weight excluding hydrogens is 294 g/mol. The first kappa shape index (κ1) is 14.4. The summed E-state index contributed by atoms with van der Waals surface area (Å²) < 4.78 is 0. The number of carboxylic acid groups (broad SMARTS) is 1. The Balaban J connectivity index is 2.07. The number of nitrogens with one attached hydrogen (secondary N) is 1. The van der Waals surface area contributed by atoms with Gasteiger partial charge in [0.25, 0.3) is 0 Å². The number of aromatic hydroxyl groups is 1. The summed E-state index contributed by atoms with van der Waals surface area (Å²) in [6.07, 6.45) is 1.52. The number of H-pyrrole nitrogens is 1. The summed E-state index contributed by atoms with van der Waals surface area (Å²) in [7, 11) is 0. The lowest BCUT2D eigenvalue weighted by Crippen LogP contribution is -1.97. The van der Waals surface area contributed by atoms with Gasteiger partial charge in [0.05, 0.1) is 16.6 Å². The van der Waals surface area contributed by atoms with Crippen LogP contribution in [0.4, 0.5) is 0 Å². The summed E-state index contributed by atoms with van der Waals surface area (Å²) in [6.45, 7) is 0. The molecule has 0 bridgehead atoms. The van der Waals surface area contributed by atoms with Gasteiger partial charge in [-0.15, -0.1) is 0 Å². The minimum absolute atomic E-state index is 0.222. The van der Waals surface area contributed by atoms with E-state index in [0.29, 0.717) is 11.4 Å². The van der Waals surface area contributed by atoms with Gasteiger partial charge in [-0.1, -0.05) is 18.2 Å². The number of hydrogen-bond acceptors (Lipinski definition) is 4. The molecule has 3 N–H and O–H groups in total. The van der Waals surface area contributed by atoms with Gasteiger partial charge in [0.2, 0.25) is 0 Å². The molecule has 0 aliphatic heterocycles. The average Bonchev–Trinajstić information content (AvgIpc) is 2.97. The van der Waals surface area contributed by atoms with Crippen LogP contribution in [-0.4, -0.2) is 26.2 Å². The normalized spacial score (nSPS) is 11.3. The highest BCUT2D eigenvalue weighted by Crippen LogP contribution is 2.23. The third-order valence-corrected chi connectivity index (χ3v) is 3.33. The molecule has 0 fully saturated rings. The number of para-hydroxylation sites is 2. The second-order valence-electron chi connectivity index (χ2n) is 4.85. The van der Waals surface area contributed by atoms with E-state index in [1.54, 1.807) is 0 Å². The lowest BCUT2D eigenvalue weighted by atomic mass is 10.1. The topological polar surface area (TPSA) is 110 Å². The summed E-state index contributed by atoms with van der Waals surface area (Å²) in [5.41, 5.74) is 2.07. The molecule has 23 heavy (non-hydrogen) atoms. The Morgan fingerprint density at radius 3 is 2.74 bits per heavy atom. The lowest BCUT2D eigenvalue weighted by Gasteiger charge is -2.01. The molecule has 0 unspecified atom stereocenters. The molecule has 2 aromatic carbocycles. The molecular formula is C17H11N3O3. The molecule has 3 rings (SSSR count). The van der Waals surface area contributed by atoms with E-state index >= 15 is 0 Å². The minimum atomic E-state index is -1.24. The quantitative estimate of drug-likeness (QED) is 0.644. The van der Waals surface area contributed by atoms with Gasteiger partial charge in [0.1, 0.15) is 23.2 Å². The van der Waals surface area contributed by atoms with Crippen molar-refractivity contribution in [2.45, 2.75) is 0 Å². The van der Waals surface area contributed by atoms with E-state index in [2.05, 4.69) is 9.97 Å². The van der Waals surface area contributed by atoms with E-state index in [0.717, 1.165) is 11.0 Å². The summed E-state index contributed by atoms with van der Waals surface area (Å²) in [5, 5.41) is 27.9. The minimum Gasteiger partial charge on any atom is -0.507 e. The van der Waals surface area contributed by atoms with Crippen molar-refractivity contribution in [1.29, 1.82) is 5.26 Å². The zero-order valence-corrected chi connectivity index (χ0v) is 11.8. The smallest absolute Gasteiger partial charge is 0.339 e. The van der Waals surface area contributed by atoms with Crippen LogP contribution >= 0.6 is 0 Å². The number of nitrogens with zero attached hydrogens (tertiary/aromatic N) is 2. The fraction of sp³-hybridized carbons (Fsp3) is 0. The SMILES string of the molecule is N#C/C(=C/c1ccc(O)c(C(=O)O)c1)c1nc2ccccc2[nH]1. The Morgan fingerprint density at radius 2 is 2.04 bits per heavy atom. The van der Waals surface area contributed by atoms with Gasteiger partial charge < -0.3 is 15.2 Å². The second-order valence-corrected chi connectivity index (χ2v) is 4.85. The van der Waals surface area contributed by atoms with Crippen molar-refractivity contribution in [1.82, 2.24) is 9.97 Å². The molecule has 0 atom stereocenters. The largest absolute Gasteiger partial charge is 0.507 e. The van der Waals surface area contributed by atoms with Gasteiger partial charge in [0, 0.05) is 0 Å². The Kier molecular flexibility index (Phi) is 3.53. The number of allylic oxidation sites excluding steroid dienone is 1. The van der Waals surface area contributed by atoms with E-state index in [4.69, 9.17) is 5.11 Å².